The fourth-order valence-electron chi connectivity index (χ4n) is 1.12. The SMILES string of the molecule is CC(=O)CNC(=O)c1snnc1C(C)(C)C. The summed E-state index contributed by atoms with van der Waals surface area (Å²) in [7, 11) is 0. The second-order valence-electron chi connectivity index (χ2n) is 4.59. The number of amides is 1. The third-order valence-electron chi connectivity index (χ3n) is 1.90. The van der Waals surface area contributed by atoms with Crippen molar-refractivity contribution in [3.8, 4) is 0 Å². The molecule has 0 aromatic carbocycles. The van der Waals surface area contributed by atoms with Gasteiger partial charge in [-0.1, -0.05) is 25.3 Å². The summed E-state index contributed by atoms with van der Waals surface area (Å²) in [5.41, 5.74) is 0.439. The van der Waals surface area contributed by atoms with Crippen molar-refractivity contribution in [2.75, 3.05) is 6.54 Å². The second-order valence-corrected chi connectivity index (χ2v) is 5.34. The zero-order valence-corrected chi connectivity index (χ0v) is 10.6. The van der Waals surface area contributed by atoms with Gasteiger partial charge in [0.25, 0.3) is 5.91 Å². The minimum Gasteiger partial charge on any atom is -0.344 e. The van der Waals surface area contributed by atoms with Crippen molar-refractivity contribution in [1.29, 1.82) is 0 Å². The van der Waals surface area contributed by atoms with Gasteiger partial charge in [0.2, 0.25) is 0 Å². The maximum Gasteiger partial charge on any atom is 0.265 e. The first-order valence-electron chi connectivity index (χ1n) is 4.93. The van der Waals surface area contributed by atoms with Crippen LogP contribution in [-0.4, -0.2) is 27.8 Å². The van der Waals surface area contributed by atoms with Crippen molar-refractivity contribution < 1.29 is 9.59 Å². The molecular weight excluding hydrogens is 226 g/mol. The van der Waals surface area contributed by atoms with E-state index in [1.807, 2.05) is 20.8 Å². The molecule has 1 N–H and O–H groups in total. The molecule has 1 aromatic heterocycles. The Kier molecular flexibility index (Phi) is 3.74. The van der Waals surface area contributed by atoms with Gasteiger partial charge in [0.15, 0.2) is 0 Å². The summed E-state index contributed by atoms with van der Waals surface area (Å²) >= 11 is 1.05. The molecule has 0 saturated carbocycles. The van der Waals surface area contributed by atoms with Crippen molar-refractivity contribution in [3.05, 3.63) is 10.6 Å². The molecule has 16 heavy (non-hydrogen) atoms. The maximum atomic E-state index is 11.7. The number of aromatic nitrogens is 2. The maximum absolute atomic E-state index is 11.7. The van der Waals surface area contributed by atoms with E-state index in [1.54, 1.807) is 0 Å². The molecule has 1 aromatic rings. The van der Waals surface area contributed by atoms with Crippen LogP contribution in [0.5, 0.6) is 0 Å². The molecule has 0 aliphatic rings. The van der Waals surface area contributed by atoms with E-state index in [9.17, 15) is 9.59 Å². The lowest BCUT2D eigenvalue weighted by atomic mass is 9.91. The van der Waals surface area contributed by atoms with E-state index in [4.69, 9.17) is 0 Å². The second kappa shape index (κ2) is 4.69. The minimum atomic E-state index is -0.282. The summed E-state index contributed by atoms with van der Waals surface area (Å²) in [6, 6.07) is 0. The number of hydrogen-bond acceptors (Lipinski definition) is 5. The van der Waals surface area contributed by atoms with Gasteiger partial charge in [-0.15, -0.1) is 5.10 Å². The van der Waals surface area contributed by atoms with E-state index < -0.39 is 0 Å². The van der Waals surface area contributed by atoms with Gasteiger partial charge in [0.05, 0.1) is 12.2 Å². The van der Waals surface area contributed by atoms with E-state index >= 15 is 0 Å². The van der Waals surface area contributed by atoms with Gasteiger partial charge < -0.3 is 5.32 Å². The van der Waals surface area contributed by atoms with Crippen LogP contribution in [-0.2, 0) is 10.2 Å². The number of rotatable bonds is 3. The van der Waals surface area contributed by atoms with Gasteiger partial charge in [-0.2, -0.15) is 0 Å². The molecule has 0 aliphatic heterocycles. The average Bonchev–Trinajstić information content (AvgIpc) is 2.61. The molecule has 5 nitrogen and oxygen atoms in total. The van der Waals surface area contributed by atoms with Crippen molar-refractivity contribution >= 4 is 23.2 Å². The predicted octanol–water partition coefficient (Wildman–Crippen LogP) is 1.15. The molecule has 1 amide bonds. The number of carbonyl (C=O) groups is 2. The highest BCUT2D eigenvalue weighted by Crippen LogP contribution is 2.25. The lowest BCUT2D eigenvalue weighted by Crippen LogP contribution is -2.29. The average molecular weight is 241 g/mol. The third kappa shape index (κ3) is 3.10. The molecule has 1 rings (SSSR count). The van der Waals surface area contributed by atoms with Crippen LogP contribution in [0.2, 0.25) is 0 Å². The number of hydrogen-bond donors (Lipinski definition) is 1. The predicted molar refractivity (Wildman–Crippen MR) is 61.6 cm³/mol. The number of carbonyl (C=O) groups excluding carboxylic acids is 2. The quantitative estimate of drug-likeness (QED) is 0.861. The Morgan fingerprint density at radius 1 is 1.38 bits per heavy atom. The molecule has 0 fully saturated rings. The van der Waals surface area contributed by atoms with E-state index in [0.29, 0.717) is 10.6 Å². The minimum absolute atomic E-state index is 0.0420. The summed E-state index contributed by atoms with van der Waals surface area (Å²) in [5.74, 6) is -0.363. The first kappa shape index (κ1) is 12.8. The molecule has 0 saturated heterocycles. The molecule has 1 heterocycles. The monoisotopic (exact) mass is 241 g/mol. The Morgan fingerprint density at radius 2 is 2.00 bits per heavy atom. The van der Waals surface area contributed by atoms with Gasteiger partial charge in [-0.3, -0.25) is 9.59 Å². The van der Waals surface area contributed by atoms with Crippen molar-refractivity contribution in [1.82, 2.24) is 14.9 Å². The molecule has 88 valence electrons. The number of nitrogens with zero attached hydrogens (tertiary/aromatic N) is 2. The summed E-state index contributed by atoms with van der Waals surface area (Å²) in [4.78, 5) is 23.0. The fourth-order valence-corrected chi connectivity index (χ4v) is 1.91. The first-order valence-corrected chi connectivity index (χ1v) is 5.70. The Balaban J connectivity index is 2.84. The zero-order chi connectivity index (χ0) is 12.3. The van der Waals surface area contributed by atoms with E-state index in [2.05, 4.69) is 14.9 Å². The number of Topliss-reactive ketones (excluding diaryl/α,β-unsaturated/α-hetero) is 1. The standard InChI is InChI=1S/C10H15N3O2S/c1-6(14)5-11-9(15)7-8(10(2,3)4)12-13-16-7/h5H2,1-4H3,(H,11,15). The number of ketones is 1. The smallest absolute Gasteiger partial charge is 0.265 e. The third-order valence-corrected chi connectivity index (χ3v) is 2.63. The first-order chi connectivity index (χ1) is 7.32. The van der Waals surface area contributed by atoms with Crippen molar-refractivity contribution in [3.63, 3.8) is 0 Å². The van der Waals surface area contributed by atoms with Crippen LogP contribution in [0, 0.1) is 0 Å². The summed E-state index contributed by atoms with van der Waals surface area (Å²) in [5, 5.41) is 6.50. The van der Waals surface area contributed by atoms with Gasteiger partial charge >= 0.3 is 0 Å². The Labute approximate surface area is 98.4 Å². The Bertz CT molecular complexity index is 406. The van der Waals surface area contributed by atoms with Gasteiger partial charge in [-0.05, 0) is 18.5 Å². The van der Waals surface area contributed by atoms with E-state index in [1.165, 1.54) is 6.92 Å². The van der Waals surface area contributed by atoms with Gasteiger partial charge in [0, 0.05) is 5.41 Å². The highest BCUT2D eigenvalue weighted by Gasteiger charge is 2.26. The van der Waals surface area contributed by atoms with Gasteiger partial charge in [-0.25, -0.2) is 0 Å². The van der Waals surface area contributed by atoms with E-state index in [0.717, 1.165) is 11.5 Å². The van der Waals surface area contributed by atoms with Crippen LogP contribution in [0.3, 0.4) is 0 Å². The van der Waals surface area contributed by atoms with Crippen LogP contribution in [0.25, 0.3) is 0 Å². The van der Waals surface area contributed by atoms with Crippen LogP contribution in [0.15, 0.2) is 0 Å². The molecule has 0 spiro atoms. The van der Waals surface area contributed by atoms with Crippen LogP contribution in [0.4, 0.5) is 0 Å². The summed E-state index contributed by atoms with van der Waals surface area (Å²) in [6.07, 6.45) is 0. The van der Waals surface area contributed by atoms with Crippen LogP contribution >= 0.6 is 11.5 Å². The molecule has 0 unspecified atom stereocenters. The molecule has 0 radical (unpaired) electrons. The highest BCUT2D eigenvalue weighted by molar-refractivity contribution is 7.08. The molecule has 6 heteroatoms. The topological polar surface area (TPSA) is 72.0 Å². The molecular formula is C10H15N3O2S. The lowest BCUT2D eigenvalue weighted by molar-refractivity contribution is -0.116. The molecule has 0 bridgehead atoms. The number of nitrogens with one attached hydrogen (secondary N) is 1. The Morgan fingerprint density at radius 3 is 2.50 bits per heavy atom. The lowest BCUT2D eigenvalue weighted by Gasteiger charge is -2.15. The summed E-state index contributed by atoms with van der Waals surface area (Å²) in [6.45, 7) is 7.36. The normalized spacial score (nSPS) is 11.2. The van der Waals surface area contributed by atoms with Crippen LogP contribution < -0.4 is 5.32 Å². The Hall–Kier alpha value is -1.30. The van der Waals surface area contributed by atoms with E-state index in [-0.39, 0.29) is 23.7 Å². The zero-order valence-electron chi connectivity index (χ0n) is 9.83. The van der Waals surface area contributed by atoms with Crippen LogP contribution in [0.1, 0.15) is 43.1 Å². The molecule has 0 aliphatic carbocycles. The fraction of sp³-hybridized carbons (Fsp3) is 0.600. The highest BCUT2D eigenvalue weighted by atomic mass is 32.1. The largest absolute Gasteiger partial charge is 0.344 e. The van der Waals surface area contributed by atoms with Crippen molar-refractivity contribution in [2.24, 2.45) is 0 Å². The summed E-state index contributed by atoms with van der Waals surface area (Å²) < 4.78 is 3.78. The van der Waals surface area contributed by atoms with Gasteiger partial charge in [0.1, 0.15) is 10.7 Å². The molecule has 0 atom stereocenters. The van der Waals surface area contributed by atoms with Crippen molar-refractivity contribution in [2.45, 2.75) is 33.1 Å².